The summed E-state index contributed by atoms with van der Waals surface area (Å²) in [5.74, 6) is -5.28. The van der Waals surface area contributed by atoms with Crippen molar-refractivity contribution < 1.29 is 23.1 Å². The van der Waals surface area contributed by atoms with Gasteiger partial charge in [0.15, 0.2) is 17.5 Å². The minimum atomic E-state index is -1.54. The van der Waals surface area contributed by atoms with E-state index in [1.54, 1.807) is 0 Å². The summed E-state index contributed by atoms with van der Waals surface area (Å²) in [4.78, 5) is 11.1. The fourth-order valence-electron chi connectivity index (χ4n) is 2.07. The van der Waals surface area contributed by atoms with Crippen LogP contribution in [0.3, 0.4) is 0 Å². The molecule has 1 aromatic carbocycles. The fraction of sp³-hybridized carbons (Fsp3) is 0.214. The summed E-state index contributed by atoms with van der Waals surface area (Å²) in [6.45, 7) is 2.23. The molecule has 6 heteroatoms. The van der Waals surface area contributed by atoms with Gasteiger partial charge in [-0.05, 0) is 30.7 Å². The van der Waals surface area contributed by atoms with Crippen molar-refractivity contribution in [3.8, 4) is 11.3 Å². The van der Waals surface area contributed by atoms with Crippen LogP contribution in [0.15, 0.2) is 24.3 Å². The number of carbonyl (C=O) groups is 1. The summed E-state index contributed by atoms with van der Waals surface area (Å²) >= 11 is 0. The van der Waals surface area contributed by atoms with Crippen LogP contribution in [0.25, 0.3) is 11.3 Å². The van der Waals surface area contributed by atoms with Gasteiger partial charge in [0.05, 0.1) is 0 Å². The standard InChI is InChI=1S/C14H12F3NO2/c1-2-5-18-11(3-4-12(18)14(19)20)8-6-9(15)13(17)10(16)7-8/h3-4,6-7H,2,5H2,1H3,(H,19,20). The minimum absolute atomic E-state index is 0.0204. The number of hydrogen-bond acceptors (Lipinski definition) is 1. The highest BCUT2D eigenvalue weighted by atomic mass is 19.2. The Morgan fingerprint density at radius 1 is 1.20 bits per heavy atom. The van der Waals surface area contributed by atoms with Crippen molar-refractivity contribution in [3.05, 3.63) is 47.4 Å². The van der Waals surface area contributed by atoms with Gasteiger partial charge < -0.3 is 9.67 Å². The van der Waals surface area contributed by atoms with E-state index in [0.29, 0.717) is 18.7 Å². The fourth-order valence-corrected chi connectivity index (χ4v) is 2.07. The molecule has 0 bridgehead atoms. The second kappa shape index (κ2) is 5.40. The van der Waals surface area contributed by atoms with Crippen LogP contribution in [0.5, 0.6) is 0 Å². The Morgan fingerprint density at radius 2 is 1.80 bits per heavy atom. The first kappa shape index (κ1) is 14.2. The molecule has 0 atom stereocenters. The van der Waals surface area contributed by atoms with Crippen molar-refractivity contribution in [1.29, 1.82) is 0 Å². The van der Waals surface area contributed by atoms with Crippen molar-refractivity contribution in [2.24, 2.45) is 0 Å². The van der Waals surface area contributed by atoms with E-state index >= 15 is 0 Å². The van der Waals surface area contributed by atoms with Gasteiger partial charge in [-0.1, -0.05) is 6.92 Å². The second-order valence-corrected chi connectivity index (χ2v) is 4.31. The van der Waals surface area contributed by atoms with Crippen LogP contribution in [0, 0.1) is 17.5 Å². The van der Waals surface area contributed by atoms with E-state index in [1.807, 2.05) is 6.92 Å². The molecule has 3 nitrogen and oxygen atoms in total. The summed E-state index contributed by atoms with van der Waals surface area (Å²) < 4.78 is 40.9. The first-order chi connectivity index (χ1) is 9.45. The van der Waals surface area contributed by atoms with Crippen LogP contribution in [0.2, 0.25) is 0 Å². The third-order valence-corrected chi connectivity index (χ3v) is 2.93. The molecule has 1 N–H and O–H groups in total. The predicted molar refractivity (Wildman–Crippen MR) is 67.0 cm³/mol. The number of aromatic carboxylic acids is 1. The highest BCUT2D eigenvalue weighted by Crippen LogP contribution is 2.26. The smallest absolute Gasteiger partial charge is 0.352 e. The molecule has 2 aromatic rings. The Kier molecular flexibility index (Phi) is 3.83. The van der Waals surface area contributed by atoms with Gasteiger partial charge in [0.1, 0.15) is 5.69 Å². The molecular formula is C14H12F3NO2. The maximum absolute atomic E-state index is 13.3. The van der Waals surface area contributed by atoms with Crippen LogP contribution in [0.1, 0.15) is 23.8 Å². The lowest BCUT2D eigenvalue weighted by Crippen LogP contribution is -2.09. The molecule has 0 aliphatic heterocycles. The number of carboxylic acid groups (broad SMARTS) is 1. The average molecular weight is 283 g/mol. The normalized spacial score (nSPS) is 10.8. The summed E-state index contributed by atoms with van der Waals surface area (Å²) in [6.07, 6.45) is 0.647. The average Bonchev–Trinajstić information content (AvgIpc) is 2.79. The van der Waals surface area contributed by atoms with E-state index in [9.17, 15) is 18.0 Å². The molecule has 0 spiro atoms. The third kappa shape index (κ3) is 2.41. The van der Waals surface area contributed by atoms with Gasteiger partial charge in [-0.3, -0.25) is 0 Å². The molecule has 0 aliphatic carbocycles. The molecule has 0 radical (unpaired) electrons. The van der Waals surface area contributed by atoms with Gasteiger partial charge in [-0.15, -0.1) is 0 Å². The molecule has 0 saturated carbocycles. The maximum atomic E-state index is 13.3. The summed E-state index contributed by atoms with van der Waals surface area (Å²) in [5, 5.41) is 9.08. The zero-order valence-corrected chi connectivity index (χ0v) is 10.7. The summed E-state index contributed by atoms with van der Waals surface area (Å²) in [7, 11) is 0. The first-order valence-electron chi connectivity index (χ1n) is 6.03. The topological polar surface area (TPSA) is 42.2 Å². The highest BCUT2D eigenvalue weighted by molar-refractivity contribution is 5.87. The van der Waals surface area contributed by atoms with E-state index in [4.69, 9.17) is 5.11 Å². The van der Waals surface area contributed by atoms with Crippen molar-refractivity contribution in [1.82, 2.24) is 4.57 Å². The maximum Gasteiger partial charge on any atom is 0.352 e. The Labute approximate surface area is 113 Å². The predicted octanol–water partition coefficient (Wildman–Crippen LogP) is 3.68. The quantitative estimate of drug-likeness (QED) is 0.870. The molecule has 0 saturated heterocycles. The van der Waals surface area contributed by atoms with Crippen molar-refractivity contribution in [3.63, 3.8) is 0 Å². The molecule has 0 fully saturated rings. The van der Waals surface area contributed by atoms with Gasteiger partial charge in [0, 0.05) is 17.8 Å². The first-order valence-corrected chi connectivity index (χ1v) is 6.03. The Morgan fingerprint density at radius 3 is 2.30 bits per heavy atom. The number of halogens is 3. The molecule has 2 rings (SSSR count). The molecule has 106 valence electrons. The minimum Gasteiger partial charge on any atom is -0.477 e. The second-order valence-electron chi connectivity index (χ2n) is 4.31. The number of benzene rings is 1. The van der Waals surface area contributed by atoms with Crippen molar-refractivity contribution in [2.75, 3.05) is 0 Å². The van der Waals surface area contributed by atoms with E-state index in [2.05, 4.69) is 0 Å². The lowest BCUT2D eigenvalue weighted by Gasteiger charge is -2.11. The number of nitrogens with zero attached hydrogens (tertiary/aromatic N) is 1. The Hall–Kier alpha value is -2.24. The number of rotatable bonds is 4. The van der Waals surface area contributed by atoms with Gasteiger partial charge in [-0.25, -0.2) is 18.0 Å². The molecule has 1 aromatic heterocycles. The molecule has 1 heterocycles. The summed E-state index contributed by atoms with van der Waals surface area (Å²) in [6, 6.07) is 4.51. The lowest BCUT2D eigenvalue weighted by atomic mass is 10.1. The van der Waals surface area contributed by atoms with E-state index in [1.165, 1.54) is 16.7 Å². The lowest BCUT2D eigenvalue weighted by molar-refractivity contribution is 0.0685. The van der Waals surface area contributed by atoms with Gasteiger partial charge in [0.25, 0.3) is 0 Å². The molecular weight excluding hydrogens is 271 g/mol. The molecule has 0 amide bonds. The van der Waals surface area contributed by atoms with Crippen molar-refractivity contribution >= 4 is 5.97 Å². The Balaban J connectivity index is 2.60. The van der Waals surface area contributed by atoms with Crippen LogP contribution >= 0.6 is 0 Å². The van der Waals surface area contributed by atoms with Crippen LogP contribution in [0.4, 0.5) is 13.2 Å². The highest BCUT2D eigenvalue weighted by Gasteiger charge is 2.17. The van der Waals surface area contributed by atoms with Crippen LogP contribution in [-0.2, 0) is 6.54 Å². The zero-order valence-electron chi connectivity index (χ0n) is 10.7. The Bertz CT molecular complexity index is 641. The van der Waals surface area contributed by atoms with Crippen LogP contribution < -0.4 is 0 Å². The van der Waals surface area contributed by atoms with Crippen LogP contribution in [-0.4, -0.2) is 15.6 Å². The monoisotopic (exact) mass is 283 g/mol. The summed E-state index contributed by atoms with van der Waals surface area (Å²) in [5.41, 5.74) is 0.455. The van der Waals surface area contributed by atoms with E-state index in [0.717, 1.165) is 12.1 Å². The molecule has 0 unspecified atom stereocenters. The van der Waals surface area contributed by atoms with E-state index < -0.39 is 23.4 Å². The number of carboxylic acids is 1. The zero-order chi connectivity index (χ0) is 14.9. The molecule has 0 aliphatic rings. The van der Waals surface area contributed by atoms with E-state index in [-0.39, 0.29) is 11.3 Å². The van der Waals surface area contributed by atoms with Gasteiger partial charge >= 0.3 is 5.97 Å². The SMILES string of the molecule is CCCn1c(C(=O)O)ccc1-c1cc(F)c(F)c(F)c1. The van der Waals surface area contributed by atoms with Gasteiger partial charge in [0.2, 0.25) is 0 Å². The number of aromatic nitrogens is 1. The van der Waals surface area contributed by atoms with Gasteiger partial charge in [-0.2, -0.15) is 0 Å². The largest absolute Gasteiger partial charge is 0.477 e. The number of hydrogen-bond donors (Lipinski definition) is 1. The van der Waals surface area contributed by atoms with Crippen molar-refractivity contribution in [2.45, 2.75) is 19.9 Å². The molecule has 20 heavy (non-hydrogen) atoms. The third-order valence-electron chi connectivity index (χ3n) is 2.93.